The minimum Gasteiger partial charge on any atom is -0.484 e. The standard InChI is InChI=1S/C22H28N2O3S/c1-16-9-10-18(17(2)13-16)14-23-22(26)20(11-12-28-3)24-21(25)15-27-19-7-5-4-6-8-19/h4-10,13,20H,11-12,14-15H2,1-3H3,(H,23,26)(H,24,25). The molecular weight excluding hydrogens is 372 g/mol. The molecule has 28 heavy (non-hydrogen) atoms. The van der Waals surface area contributed by atoms with Crippen LogP contribution >= 0.6 is 11.8 Å². The van der Waals surface area contributed by atoms with Crippen molar-refractivity contribution in [1.29, 1.82) is 0 Å². The van der Waals surface area contributed by atoms with Crippen LogP contribution in [0.25, 0.3) is 0 Å². The molecule has 0 heterocycles. The van der Waals surface area contributed by atoms with Gasteiger partial charge in [0.05, 0.1) is 0 Å². The van der Waals surface area contributed by atoms with Crippen LogP contribution in [-0.4, -0.2) is 36.5 Å². The molecule has 0 aromatic heterocycles. The van der Waals surface area contributed by atoms with Crippen LogP contribution in [0.15, 0.2) is 48.5 Å². The lowest BCUT2D eigenvalue weighted by molar-refractivity contribution is -0.130. The molecule has 5 nitrogen and oxygen atoms in total. The molecule has 2 N–H and O–H groups in total. The van der Waals surface area contributed by atoms with Gasteiger partial charge in [-0.05, 0) is 55.5 Å². The second kappa shape index (κ2) is 11.4. The lowest BCUT2D eigenvalue weighted by Crippen LogP contribution is -2.48. The van der Waals surface area contributed by atoms with Crippen molar-refractivity contribution < 1.29 is 14.3 Å². The first-order chi connectivity index (χ1) is 13.5. The van der Waals surface area contributed by atoms with Gasteiger partial charge in [0, 0.05) is 6.54 Å². The smallest absolute Gasteiger partial charge is 0.258 e. The number of hydrogen-bond acceptors (Lipinski definition) is 4. The minimum absolute atomic E-state index is 0.121. The molecule has 1 atom stereocenters. The number of hydrogen-bond donors (Lipinski definition) is 2. The summed E-state index contributed by atoms with van der Waals surface area (Å²) in [6.45, 7) is 4.39. The Hall–Kier alpha value is -2.47. The van der Waals surface area contributed by atoms with E-state index in [-0.39, 0.29) is 18.4 Å². The molecule has 1 unspecified atom stereocenters. The number of ether oxygens (including phenoxy) is 1. The van der Waals surface area contributed by atoms with Gasteiger partial charge in [-0.1, -0.05) is 42.0 Å². The highest BCUT2D eigenvalue weighted by atomic mass is 32.2. The van der Waals surface area contributed by atoms with E-state index in [9.17, 15) is 9.59 Å². The molecule has 0 radical (unpaired) electrons. The molecule has 0 spiro atoms. The van der Waals surface area contributed by atoms with Crippen LogP contribution in [0.5, 0.6) is 5.75 Å². The van der Waals surface area contributed by atoms with E-state index >= 15 is 0 Å². The Labute approximate surface area is 171 Å². The molecular formula is C22H28N2O3S. The summed E-state index contributed by atoms with van der Waals surface area (Å²) in [5.74, 6) is 0.915. The van der Waals surface area contributed by atoms with Crippen LogP contribution in [0.3, 0.4) is 0 Å². The van der Waals surface area contributed by atoms with Gasteiger partial charge in [0.25, 0.3) is 5.91 Å². The Bertz CT molecular complexity index is 781. The van der Waals surface area contributed by atoms with Crippen LogP contribution in [0.2, 0.25) is 0 Å². The second-order valence-electron chi connectivity index (χ2n) is 6.65. The summed E-state index contributed by atoms with van der Waals surface area (Å²) in [7, 11) is 0. The number of nitrogens with one attached hydrogen (secondary N) is 2. The van der Waals surface area contributed by atoms with Crippen molar-refractivity contribution in [3.63, 3.8) is 0 Å². The lowest BCUT2D eigenvalue weighted by atomic mass is 10.1. The molecule has 0 bridgehead atoms. The first-order valence-electron chi connectivity index (χ1n) is 9.29. The molecule has 2 aromatic rings. The van der Waals surface area contributed by atoms with Gasteiger partial charge >= 0.3 is 0 Å². The lowest BCUT2D eigenvalue weighted by Gasteiger charge is -2.19. The predicted octanol–water partition coefficient (Wildman–Crippen LogP) is 3.24. The number of aryl methyl sites for hydroxylation is 2. The van der Waals surface area contributed by atoms with Crippen molar-refractivity contribution in [2.45, 2.75) is 32.9 Å². The van der Waals surface area contributed by atoms with Crippen molar-refractivity contribution >= 4 is 23.6 Å². The first-order valence-corrected chi connectivity index (χ1v) is 10.7. The number of carbonyl (C=O) groups is 2. The van der Waals surface area contributed by atoms with Gasteiger partial charge < -0.3 is 15.4 Å². The van der Waals surface area contributed by atoms with Crippen molar-refractivity contribution in [2.24, 2.45) is 0 Å². The average molecular weight is 401 g/mol. The highest BCUT2D eigenvalue weighted by Gasteiger charge is 2.20. The summed E-state index contributed by atoms with van der Waals surface area (Å²) < 4.78 is 5.46. The van der Waals surface area contributed by atoms with Gasteiger partial charge in [-0.25, -0.2) is 0 Å². The van der Waals surface area contributed by atoms with Crippen molar-refractivity contribution in [1.82, 2.24) is 10.6 Å². The fourth-order valence-corrected chi connectivity index (χ4v) is 3.23. The maximum absolute atomic E-state index is 12.6. The number of thioether (sulfide) groups is 1. The summed E-state index contributed by atoms with van der Waals surface area (Å²) in [5, 5.41) is 5.74. The van der Waals surface area contributed by atoms with Crippen LogP contribution in [0, 0.1) is 13.8 Å². The zero-order chi connectivity index (χ0) is 20.4. The molecule has 0 aliphatic carbocycles. The Kier molecular flexibility index (Phi) is 8.88. The van der Waals surface area contributed by atoms with E-state index in [4.69, 9.17) is 4.74 Å². The number of amides is 2. The molecule has 6 heteroatoms. The summed E-state index contributed by atoms with van der Waals surface area (Å²) >= 11 is 1.64. The Morgan fingerprint density at radius 2 is 1.86 bits per heavy atom. The molecule has 2 aromatic carbocycles. The third-order valence-electron chi connectivity index (χ3n) is 4.33. The zero-order valence-electron chi connectivity index (χ0n) is 16.7. The van der Waals surface area contributed by atoms with E-state index in [1.807, 2.05) is 50.4 Å². The zero-order valence-corrected chi connectivity index (χ0v) is 17.5. The second-order valence-corrected chi connectivity index (χ2v) is 7.64. The average Bonchev–Trinajstić information content (AvgIpc) is 2.69. The van der Waals surface area contributed by atoms with Crippen LogP contribution in [-0.2, 0) is 16.1 Å². The fraction of sp³-hybridized carbons (Fsp3) is 0.364. The quantitative estimate of drug-likeness (QED) is 0.643. The molecule has 0 aliphatic heterocycles. The van der Waals surface area contributed by atoms with Gasteiger partial charge in [0.1, 0.15) is 11.8 Å². The predicted molar refractivity (Wildman–Crippen MR) is 115 cm³/mol. The largest absolute Gasteiger partial charge is 0.484 e. The molecule has 0 saturated carbocycles. The Morgan fingerprint density at radius 1 is 1.11 bits per heavy atom. The SMILES string of the molecule is CSCCC(NC(=O)COc1ccccc1)C(=O)NCc1ccc(C)cc1C. The van der Waals surface area contributed by atoms with Crippen LogP contribution in [0.4, 0.5) is 0 Å². The number of carbonyl (C=O) groups excluding carboxylic acids is 2. The summed E-state index contributed by atoms with van der Waals surface area (Å²) in [6, 6.07) is 14.7. The number of rotatable bonds is 10. The van der Waals surface area contributed by atoms with E-state index in [1.54, 1.807) is 23.9 Å². The normalized spacial score (nSPS) is 11.5. The third-order valence-corrected chi connectivity index (χ3v) is 4.97. The molecule has 0 saturated heterocycles. The van der Waals surface area contributed by atoms with Crippen molar-refractivity contribution in [3.05, 3.63) is 65.2 Å². The highest BCUT2D eigenvalue weighted by molar-refractivity contribution is 7.98. The topological polar surface area (TPSA) is 67.4 Å². The summed E-state index contributed by atoms with van der Waals surface area (Å²) in [6.07, 6.45) is 2.54. The maximum Gasteiger partial charge on any atom is 0.258 e. The van der Waals surface area contributed by atoms with Gasteiger partial charge in [0.15, 0.2) is 6.61 Å². The Balaban J connectivity index is 1.89. The molecule has 0 aliphatic rings. The molecule has 0 fully saturated rings. The van der Waals surface area contributed by atoms with Crippen molar-refractivity contribution in [3.8, 4) is 5.75 Å². The maximum atomic E-state index is 12.6. The van der Waals surface area contributed by atoms with E-state index in [2.05, 4.69) is 16.7 Å². The molecule has 150 valence electrons. The first kappa shape index (κ1) is 21.8. The molecule has 2 rings (SSSR count). The van der Waals surface area contributed by atoms with Gasteiger partial charge in [0.2, 0.25) is 5.91 Å². The number of benzene rings is 2. The van der Waals surface area contributed by atoms with Gasteiger partial charge in [-0.3, -0.25) is 9.59 Å². The van der Waals surface area contributed by atoms with Crippen LogP contribution in [0.1, 0.15) is 23.1 Å². The van der Waals surface area contributed by atoms with E-state index in [1.165, 1.54) is 5.56 Å². The van der Waals surface area contributed by atoms with Gasteiger partial charge in [-0.2, -0.15) is 11.8 Å². The molecule has 2 amide bonds. The van der Waals surface area contributed by atoms with E-state index < -0.39 is 6.04 Å². The highest BCUT2D eigenvalue weighted by Crippen LogP contribution is 2.11. The van der Waals surface area contributed by atoms with E-state index in [0.717, 1.165) is 16.9 Å². The van der Waals surface area contributed by atoms with E-state index in [0.29, 0.717) is 18.7 Å². The summed E-state index contributed by atoms with van der Waals surface area (Å²) in [5.41, 5.74) is 3.40. The fourth-order valence-electron chi connectivity index (χ4n) is 2.76. The summed E-state index contributed by atoms with van der Waals surface area (Å²) in [4.78, 5) is 24.9. The Morgan fingerprint density at radius 3 is 2.54 bits per heavy atom. The monoisotopic (exact) mass is 400 g/mol. The number of para-hydroxylation sites is 1. The van der Waals surface area contributed by atoms with Crippen molar-refractivity contribution in [2.75, 3.05) is 18.6 Å². The third kappa shape index (κ3) is 7.27. The van der Waals surface area contributed by atoms with Crippen LogP contribution < -0.4 is 15.4 Å². The van der Waals surface area contributed by atoms with Gasteiger partial charge in [-0.15, -0.1) is 0 Å². The minimum atomic E-state index is -0.579.